The quantitative estimate of drug-likeness (QED) is 0.726. The Morgan fingerprint density at radius 3 is 2.63 bits per heavy atom. The van der Waals surface area contributed by atoms with E-state index in [2.05, 4.69) is 0 Å². The largest absolute Gasteiger partial charge is 0.489 e. The predicted molar refractivity (Wildman–Crippen MR) is 105 cm³/mol. The molecule has 2 rings (SSSR count). The molecular weight excluding hydrogens is 346 g/mol. The molecule has 2 amide bonds. The van der Waals surface area contributed by atoms with E-state index in [9.17, 15) is 9.59 Å². The van der Waals surface area contributed by atoms with Gasteiger partial charge in [-0.3, -0.25) is 9.59 Å². The highest BCUT2D eigenvalue weighted by Gasteiger charge is 2.30. The molecule has 1 aromatic rings. The molecule has 7 nitrogen and oxygen atoms in total. The van der Waals surface area contributed by atoms with Crippen LogP contribution in [0.2, 0.25) is 0 Å². The average Bonchev–Trinajstić information content (AvgIpc) is 2.63. The smallest absolute Gasteiger partial charge is 0.253 e. The molecule has 1 atom stereocenters. The fourth-order valence-corrected chi connectivity index (χ4v) is 3.18. The lowest BCUT2D eigenvalue weighted by Crippen LogP contribution is -2.47. The molecule has 1 aromatic carbocycles. The Morgan fingerprint density at radius 1 is 1.33 bits per heavy atom. The van der Waals surface area contributed by atoms with Crippen molar-refractivity contribution in [2.45, 2.75) is 32.4 Å². The molecule has 0 bridgehead atoms. The zero-order chi connectivity index (χ0) is 20.1. The number of anilines is 1. The number of carbonyl (C=O) groups is 2. The Kier molecular flexibility index (Phi) is 7.07. The summed E-state index contributed by atoms with van der Waals surface area (Å²) < 4.78 is 11.0. The topological polar surface area (TPSA) is 62.3 Å². The number of ether oxygens (including phenoxy) is 2. The molecule has 27 heavy (non-hydrogen) atoms. The number of hydrogen-bond donors (Lipinski definition) is 0. The Bertz CT molecular complexity index is 675. The standard InChI is InChI=1S/C20H31N3O4/c1-14(2)23(9-10-26-6)19(24)12-16-13-27-18-8-7-15(20(25)21(3)4)11-17(18)22(16)5/h7-8,11,14,16H,9-10,12-13H2,1-6H3. The number of likely N-dealkylation sites (N-methyl/N-ethyl adjacent to an activating group) is 1. The normalized spacial score (nSPS) is 16.0. The van der Waals surface area contributed by atoms with Gasteiger partial charge in [-0.1, -0.05) is 0 Å². The molecule has 0 aliphatic carbocycles. The number of hydrogen-bond acceptors (Lipinski definition) is 5. The van der Waals surface area contributed by atoms with Gasteiger partial charge in [-0.25, -0.2) is 0 Å². The van der Waals surface area contributed by atoms with Gasteiger partial charge in [0.15, 0.2) is 0 Å². The van der Waals surface area contributed by atoms with Gasteiger partial charge in [0.1, 0.15) is 12.4 Å². The maximum atomic E-state index is 12.8. The molecule has 1 unspecified atom stereocenters. The molecule has 0 spiro atoms. The first kappa shape index (κ1) is 21.0. The summed E-state index contributed by atoms with van der Waals surface area (Å²) in [6, 6.07) is 5.45. The molecule has 1 aliphatic rings. The van der Waals surface area contributed by atoms with Crippen LogP contribution in [0.5, 0.6) is 5.75 Å². The van der Waals surface area contributed by atoms with E-state index in [1.807, 2.05) is 42.8 Å². The Labute approximate surface area is 161 Å². The molecule has 0 saturated heterocycles. The van der Waals surface area contributed by atoms with Gasteiger partial charge in [0.25, 0.3) is 5.91 Å². The van der Waals surface area contributed by atoms with E-state index in [-0.39, 0.29) is 23.9 Å². The molecule has 0 radical (unpaired) electrons. The number of fused-ring (bicyclic) bond motifs is 1. The lowest BCUT2D eigenvalue weighted by Gasteiger charge is -2.37. The summed E-state index contributed by atoms with van der Waals surface area (Å²) in [7, 11) is 7.03. The fourth-order valence-electron chi connectivity index (χ4n) is 3.18. The van der Waals surface area contributed by atoms with E-state index in [1.54, 1.807) is 32.2 Å². The van der Waals surface area contributed by atoms with Crippen LogP contribution in [-0.4, -0.2) is 81.7 Å². The summed E-state index contributed by atoms with van der Waals surface area (Å²) in [5.74, 6) is 0.748. The Morgan fingerprint density at radius 2 is 2.04 bits per heavy atom. The van der Waals surface area contributed by atoms with Gasteiger partial charge >= 0.3 is 0 Å². The molecule has 7 heteroatoms. The first-order chi connectivity index (χ1) is 12.8. The third-order valence-electron chi connectivity index (χ3n) is 4.86. The van der Waals surface area contributed by atoms with Crippen molar-refractivity contribution < 1.29 is 19.1 Å². The van der Waals surface area contributed by atoms with Crippen molar-refractivity contribution in [3.8, 4) is 5.75 Å². The van der Waals surface area contributed by atoms with Crippen molar-refractivity contribution in [3.63, 3.8) is 0 Å². The maximum absolute atomic E-state index is 12.8. The summed E-state index contributed by atoms with van der Waals surface area (Å²) in [4.78, 5) is 30.5. The van der Waals surface area contributed by atoms with Crippen molar-refractivity contribution >= 4 is 17.5 Å². The van der Waals surface area contributed by atoms with Crippen LogP contribution in [0, 0.1) is 0 Å². The van der Waals surface area contributed by atoms with Crippen LogP contribution in [0.15, 0.2) is 18.2 Å². The van der Waals surface area contributed by atoms with Gasteiger partial charge in [0.2, 0.25) is 5.91 Å². The van der Waals surface area contributed by atoms with Gasteiger partial charge in [-0.05, 0) is 32.0 Å². The number of amides is 2. The summed E-state index contributed by atoms with van der Waals surface area (Å²) in [6.45, 7) is 5.53. The number of rotatable bonds is 7. The van der Waals surface area contributed by atoms with Crippen molar-refractivity contribution in [2.24, 2.45) is 0 Å². The van der Waals surface area contributed by atoms with Gasteiger partial charge < -0.3 is 24.2 Å². The van der Waals surface area contributed by atoms with Gasteiger partial charge in [-0.2, -0.15) is 0 Å². The van der Waals surface area contributed by atoms with E-state index in [4.69, 9.17) is 9.47 Å². The van der Waals surface area contributed by atoms with E-state index in [0.717, 1.165) is 11.4 Å². The molecule has 0 fully saturated rings. The first-order valence-corrected chi connectivity index (χ1v) is 9.26. The first-order valence-electron chi connectivity index (χ1n) is 9.26. The summed E-state index contributed by atoms with van der Waals surface area (Å²) in [5.41, 5.74) is 1.44. The lowest BCUT2D eigenvalue weighted by atomic mass is 10.1. The number of benzene rings is 1. The van der Waals surface area contributed by atoms with Crippen LogP contribution >= 0.6 is 0 Å². The van der Waals surface area contributed by atoms with Crippen LogP contribution in [0.1, 0.15) is 30.6 Å². The third-order valence-corrected chi connectivity index (χ3v) is 4.86. The zero-order valence-electron chi connectivity index (χ0n) is 17.2. The predicted octanol–water partition coefficient (Wildman–Crippen LogP) is 1.86. The van der Waals surface area contributed by atoms with Crippen molar-refractivity contribution in [3.05, 3.63) is 23.8 Å². The van der Waals surface area contributed by atoms with Crippen LogP contribution in [0.25, 0.3) is 0 Å². The van der Waals surface area contributed by atoms with Crippen molar-refractivity contribution in [1.29, 1.82) is 0 Å². The highest BCUT2D eigenvalue weighted by atomic mass is 16.5. The molecule has 0 N–H and O–H groups in total. The van der Waals surface area contributed by atoms with E-state index < -0.39 is 0 Å². The average molecular weight is 377 g/mol. The van der Waals surface area contributed by atoms with Crippen LogP contribution in [-0.2, 0) is 9.53 Å². The SMILES string of the molecule is COCCN(C(=O)CC1COc2ccc(C(=O)N(C)C)cc2N1C)C(C)C. The van der Waals surface area contributed by atoms with Gasteiger partial charge in [0.05, 0.1) is 24.8 Å². The van der Waals surface area contributed by atoms with Gasteiger partial charge in [0, 0.05) is 46.4 Å². The van der Waals surface area contributed by atoms with Crippen LogP contribution in [0.4, 0.5) is 5.69 Å². The second kappa shape index (κ2) is 9.08. The summed E-state index contributed by atoms with van der Waals surface area (Å²) in [6.07, 6.45) is 0.351. The minimum Gasteiger partial charge on any atom is -0.489 e. The zero-order valence-corrected chi connectivity index (χ0v) is 17.2. The summed E-state index contributed by atoms with van der Waals surface area (Å²) >= 11 is 0. The maximum Gasteiger partial charge on any atom is 0.253 e. The monoisotopic (exact) mass is 377 g/mol. The fraction of sp³-hybridized carbons (Fsp3) is 0.600. The highest BCUT2D eigenvalue weighted by molar-refractivity contribution is 5.95. The lowest BCUT2D eigenvalue weighted by molar-refractivity contribution is -0.134. The van der Waals surface area contributed by atoms with Crippen LogP contribution < -0.4 is 9.64 Å². The minimum absolute atomic E-state index is 0.0602. The number of carbonyl (C=O) groups excluding carboxylic acids is 2. The van der Waals surface area contributed by atoms with E-state index in [1.165, 1.54) is 0 Å². The second-order valence-corrected chi connectivity index (χ2v) is 7.34. The van der Waals surface area contributed by atoms with Gasteiger partial charge in [-0.15, -0.1) is 0 Å². The van der Waals surface area contributed by atoms with Crippen molar-refractivity contribution in [2.75, 3.05) is 52.9 Å². The van der Waals surface area contributed by atoms with E-state index >= 15 is 0 Å². The molecule has 1 aliphatic heterocycles. The number of methoxy groups -OCH3 is 1. The molecule has 1 heterocycles. The Balaban J connectivity index is 2.15. The highest BCUT2D eigenvalue weighted by Crippen LogP contribution is 2.35. The number of nitrogens with zero attached hydrogens (tertiary/aromatic N) is 3. The minimum atomic E-state index is -0.0847. The van der Waals surface area contributed by atoms with Crippen molar-refractivity contribution in [1.82, 2.24) is 9.80 Å². The second-order valence-electron chi connectivity index (χ2n) is 7.34. The summed E-state index contributed by atoms with van der Waals surface area (Å²) in [5, 5.41) is 0. The Hall–Kier alpha value is -2.28. The molecule has 0 aromatic heterocycles. The molecular formula is C20H31N3O4. The molecule has 150 valence electrons. The molecule has 0 saturated carbocycles. The third kappa shape index (κ3) is 4.91. The van der Waals surface area contributed by atoms with E-state index in [0.29, 0.717) is 31.7 Å². The van der Waals surface area contributed by atoms with Crippen LogP contribution in [0.3, 0.4) is 0 Å².